The molecule has 1 aliphatic heterocycles. The molecule has 0 spiro atoms. The molecule has 0 aromatic heterocycles. The van der Waals surface area contributed by atoms with Crippen LogP contribution in [-0.4, -0.2) is 42.6 Å². The summed E-state index contributed by atoms with van der Waals surface area (Å²) in [6, 6.07) is 4.85. The second-order valence-corrected chi connectivity index (χ2v) is 5.33. The monoisotopic (exact) mass is 293 g/mol. The third-order valence-electron chi connectivity index (χ3n) is 3.83. The minimum Gasteiger partial charge on any atom is -0.494 e. The first-order valence-electron chi connectivity index (χ1n) is 7.50. The van der Waals surface area contributed by atoms with Gasteiger partial charge < -0.3 is 15.0 Å². The number of nitro groups is 1. The predicted molar refractivity (Wildman–Crippen MR) is 83.0 cm³/mol. The van der Waals surface area contributed by atoms with E-state index in [4.69, 9.17) is 4.74 Å². The molecule has 1 aromatic rings. The minimum absolute atomic E-state index is 0.0602. The van der Waals surface area contributed by atoms with Crippen LogP contribution in [0.4, 0.5) is 11.4 Å². The maximum absolute atomic E-state index is 11.0. The Balaban J connectivity index is 2.00. The van der Waals surface area contributed by atoms with E-state index in [0.717, 1.165) is 31.9 Å². The number of anilines is 1. The van der Waals surface area contributed by atoms with Crippen LogP contribution in [0.1, 0.15) is 20.3 Å². The van der Waals surface area contributed by atoms with Crippen molar-refractivity contribution in [3.63, 3.8) is 0 Å². The SMILES string of the molecule is CCOc1cc(NCC2CCN(CC)C2)cc([N+](=O)[O-])c1. The summed E-state index contributed by atoms with van der Waals surface area (Å²) in [5.41, 5.74) is 0.813. The second-order valence-electron chi connectivity index (χ2n) is 5.33. The summed E-state index contributed by atoms with van der Waals surface area (Å²) in [4.78, 5) is 13.0. The van der Waals surface area contributed by atoms with Crippen molar-refractivity contribution >= 4 is 11.4 Å². The van der Waals surface area contributed by atoms with Crippen molar-refractivity contribution in [2.24, 2.45) is 5.92 Å². The standard InChI is InChI=1S/C15H23N3O3/c1-3-17-6-5-12(11-17)10-16-13-7-14(18(19)20)9-15(8-13)21-4-2/h7-9,12,16H,3-6,10-11H2,1-2H3. The normalized spacial score (nSPS) is 18.7. The summed E-state index contributed by atoms with van der Waals surface area (Å²) in [5.74, 6) is 1.13. The number of nitrogens with zero attached hydrogens (tertiary/aromatic N) is 2. The summed E-state index contributed by atoms with van der Waals surface area (Å²) >= 11 is 0. The molecule has 21 heavy (non-hydrogen) atoms. The van der Waals surface area contributed by atoms with Crippen molar-refractivity contribution in [2.45, 2.75) is 20.3 Å². The van der Waals surface area contributed by atoms with Crippen LogP contribution >= 0.6 is 0 Å². The van der Waals surface area contributed by atoms with Gasteiger partial charge in [-0.1, -0.05) is 6.92 Å². The third-order valence-corrected chi connectivity index (χ3v) is 3.83. The van der Waals surface area contributed by atoms with E-state index in [-0.39, 0.29) is 10.6 Å². The fourth-order valence-corrected chi connectivity index (χ4v) is 2.67. The van der Waals surface area contributed by atoms with Crippen LogP contribution in [0, 0.1) is 16.0 Å². The number of likely N-dealkylation sites (tertiary alicyclic amines) is 1. The molecule has 1 N–H and O–H groups in total. The molecule has 1 heterocycles. The summed E-state index contributed by atoms with van der Waals surface area (Å²) in [5, 5.41) is 14.3. The molecule has 0 aliphatic carbocycles. The van der Waals surface area contributed by atoms with Gasteiger partial charge in [-0.05, 0) is 32.4 Å². The number of benzene rings is 1. The van der Waals surface area contributed by atoms with Gasteiger partial charge in [0, 0.05) is 30.9 Å². The number of hydrogen-bond acceptors (Lipinski definition) is 5. The molecule has 6 heteroatoms. The Morgan fingerprint density at radius 2 is 2.24 bits per heavy atom. The van der Waals surface area contributed by atoms with Crippen LogP contribution < -0.4 is 10.1 Å². The largest absolute Gasteiger partial charge is 0.494 e. The number of non-ortho nitro benzene ring substituents is 1. The number of ether oxygens (including phenoxy) is 1. The molecule has 1 atom stereocenters. The van der Waals surface area contributed by atoms with Crippen LogP contribution in [0.5, 0.6) is 5.75 Å². The fraction of sp³-hybridized carbons (Fsp3) is 0.600. The maximum Gasteiger partial charge on any atom is 0.275 e. The molecule has 1 fully saturated rings. The summed E-state index contributed by atoms with van der Waals surface area (Å²) < 4.78 is 5.39. The van der Waals surface area contributed by atoms with E-state index >= 15 is 0 Å². The van der Waals surface area contributed by atoms with E-state index in [1.807, 2.05) is 13.0 Å². The zero-order valence-electron chi connectivity index (χ0n) is 12.7. The van der Waals surface area contributed by atoms with Gasteiger partial charge in [-0.2, -0.15) is 0 Å². The highest BCUT2D eigenvalue weighted by Crippen LogP contribution is 2.27. The Morgan fingerprint density at radius 3 is 2.86 bits per heavy atom. The van der Waals surface area contributed by atoms with Gasteiger partial charge in [0.05, 0.1) is 17.6 Å². The summed E-state index contributed by atoms with van der Waals surface area (Å²) in [6.07, 6.45) is 1.17. The Bertz CT molecular complexity index is 493. The summed E-state index contributed by atoms with van der Waals surface area (Å²) in [6.45, 7) is 8.69. The van der Waals surface area contributed by atoms with E-state index in [2.05, 4.69) is 17.1 Å². The molecular weight excluding hydrogens is 270 g/mol. The van der Waals surface area contributed by atoms with E-state index in [9.17, 15) is 10.1 Å². The van der Waals surface area contributed by atoms with E-state index < -0.39 is 0 Å². The molecule has 0 saturated carbocycles. The van der Waals surface area contributed by atoms with Crippen molar-refractivity contribution in [1.82, 2.24) is 4.90 Å². The van der Waals surface area contributed by atoms with Crippen LogP contribution in [0.25, 0.3) is 0 Å². The van der Waals surface area contributed by atoms with Gasteiger partial charge in [-0.3, -0.25) is 10.1 Å². The molecular formula is C15H23N3O3. The average molecular weight is 293 g/mol. The van der Waals surface area contributed by atoms with Crippen LogP contribution in [0.15, 0.2) is 18.2 Å². The molecule has 116 valence electrons. The predicted octanol–water partition coefficient (Wildman–Crippen LogP) is 2.75. The lowest BCUT2D eigenvalue weighted by Crippen LogP contribution is -2.22. The van der Waals surface area contributed by atoms with Crippen molar-refractivity contribution < 1.29 is 9.66 Å². The van der Waals surface area contributed by atoms with Crippen molar-refractivity contribution in [3.05, 3.63) is 28.3 Å². The maximum atomic E-state index is 11.0. The Kier molecular flexibility index (Phi) is 5.38. The molecule has 1 saturated heterocycles. The fourth-order valence-electron chi connectivity index (χ4n) is 2.67. The first-order valence-corrected chi connectivity index (χ1v) is 7.50. The third kappa shape index (κ3) is 4.32. The minimum atomic E-state index is -0.387. The average Bonchev–Trinajstić information content (AvgIpc) is 2.93. The topological polar surface area (TPSA) is 67.6 Å². The van der Waals surface area contributed by atoms with Crippen LogP contribution in [-0.2, 0) is 0 Å². The van der Waals surface area contributed by atoms with Crippen LogP contribution in [0.3, 0.4) is 0 Å². The van der Waals surface area contributed by atoms with E-state index in [0.29, 0.717) is 18.3 Å². The van der Waals surface area contributed by atoms with E-state index in [1.54, 1.807) is 6.07 Å². The highest BCUT2D eigenvalue weighted by atomic mass is 16.6. The van der Waals surface area contributed by atoms with Gasteiger partial charge in [0.25, 0.3) is 5.69 Å². The molecule has 0 bridgehead atoms. The zero-order chi connectivity index (χ0) is 15.2. The first kappa shape index (κ1) is 15.6. The number of hydrogen-bond donors (Lipinski definition) is 1. The highest BCUT2D eigenvalue weighted by Gasteiger charge is 2.21. The Morgan fingerprint density at radius 1 is 1.43 bits per heavy atom. The van der Waals surface area contributed by atoms with Crippen LogP contribution in [0.2, 0.25) is 0 Å². The lowest BCUT2D eigenvalue weighted by Gasteiger charge is -2.15. The van der Waals surface area contributed by atoms with Crippen molar-refractivity contribution in [3.8, 4) is 5.75 Å². The molecule has 0 radical (unpaired) electrons. The number of nitro benzene ring substituents is 1. The lowest BCUT2D eigenvalue weighted by atomic mass is 10.1. The van der Waals surface area contributed by atoms with Gasteiger partial charge in [-0.25, -0.2) is 0 Å². The van der Waals surface area contributed by atoms with Gasteiger partial charge >= 0.3 is 0 Å². The molecule has 1 aromatic carbocycles. The Labute approximate surface area is 125 Å². The smallest absolute Gasteiger partial charge is 0.275 e. The van der Waals surface area contributed by atoms with Gasteiger partial charge in [0.15, 0.2) is 0 Å². The molecule has 2 rings (SSSR count). The van der Waals surface area contributed by atoms with Gasteiger partial charge in [0.1, 0.15) is 5.75 Å². The number of nitrogens with one attached hydrogen (secondary N) is 1. The second kappa shape index (κ2) is 7.26. The zero-order valence-corrected chi connectivity index (χ0v) is 12.7. The summed E-state index contributed by atoms with van der Waals surface area (Å²) in [7, 11) is 0. The Hall–Kier alpha value is -1.82. The molecule has 1 aliphatic rings. The lowest BCUT2D eigenvalue weighted by molar-refractivity contribution is -0.384. The van der Waals surface area contributed by atoms with Gasteiger partial charge in [0.2, 0.25) is 0 Å². The molecule has 1 unspecified atom stereocenters. The quantitative estimate of drug-likeness (QED) is 0.618. The molecule has 0 amide bonds. The molecule has 6 nitrogen and oxygen atoms in total. The van der Waals surface area contributed by atoms with E-state index in [1.165, 1.54) is 12.5 Å². The van der Waals surface area contributed by atoms with Crippen molar-refractivity contribution in [1.29, 1.82) is 0 Å². The van der Waals surface area contributed by atoms with Crippen molar-refractivity contribution in [2.75, 3.05) is 38.1 Å². The highest BCUT2D eigenvalue weighted by molar-refractivity contribution is 5.56. The number of rotatable bonds is 7. The van der Waals surface area contributed by atoms with Gasteiger partial charge in [-0.15, -0.1) is 0 Å². The first-order chi connectivity index (χ1) is 10.1.